The number of rotatable bonds is 5. The van der Waals surface area contributed by atoms with Gasteiger partial charge in [-0.2, -0.15) is 0 Å². The number of amides is 1. The van der Waals surface area contributed by atoms with E-state index in [1.54, 1.807) is 18.2 Å². The van der Waals surface area contributed by atoms with E-state index in [0.717, 1.165) is 5.56 Å². The Hall–Kier alpha value is -3.57. The third-order valence-electron chi connectivity index (χ3n) is 4.30. The Morgan fingerprint density at radius 1 is 0.966 bits per heavy atom. The maximum absolute atomic E-state index is 12.1. The van der Waals surface area contributed by atoms with Crippen molar-refractivity contribution < 1.29 is 13.9 Å². The first-order valence-corrected chi connectivity index (χ1v) is 9.28. The zero-order valence-corrected chi connectivity index (χ0v) is 16.0. The van der Waals surface area contributed by atoms with Crippen LogP contribution in [0.25, 0.3) is 22.1 Å². The molecule has 0 radical (unpaired) electrons. The van der Waals surface area contributed by atoms with Gasteiger partial charge in [0.1, 0.15) is 11.3 Å². The minimum Gasteiger partial charge on any atom is -0.482 e. The molecular formula is C23H16ClNO4. The molecule has 3 aromatic carbocycles. The van der Waals surface area contributed by atoms with Crippen molar-refractivity contribution in [3.8, 4) is 16.9 Å². The summed E-state index contributed by atoms with van der Waals surface area (Å²) < 4.78 is 10.9. The van der Waals surface area contributed by atoms with E-state index in [1.165, 1.54) is 12.1 Å². The second-order valence-corrected chi connectivity index (χ2v) is 6.73. The van der Waals surface area contributed by atoms with Crippen molar-refractivity contribution >= 4 is 34.2 Å². The van der Waals surface area contributed by atoms with E-state index in [0.29, 0.717) is 27.2 Å². The summed E-state index contributed by atoms with van der Waals surface area (Å²) in [5.41, 5.74) is 2.11. The number of benzene rings is 3. The van der Waals surface area contributed by atoms with Gasteiger partial charge in [-0.15, -0.1) is 0 Å². The number of carbonyl (C=O) groups excluding carboxylic acids is 1. The highest BCUT2D eigenvalue weighted by Gasteiger charge is 2.13. The molecule has 0 aliphatic rings. The van der Waals surface area contributed by atoms with Gasteiger partial charge in [-0.3, -0.25) is 4.79 Å². The molecule has 6 heteroatoms. The molecule has 1 N–H and O–H groups in total. The molecule has 0 aliphatic carbocycles. The van der Waals surface area contributed by atoms with Gasteiger partial charge in [0.05, 0.1) is 5.02 Å². The molecule has 4 aromatic rings. The summed E-state index contributed by atoms with van der Waals surface area (Å²) in [6.07, 6.45) is 0. The van der Waals surface area contributed by atoms with Crippen LogP contribution in [-0.2, 0) is 4.79 Å². The van der Waals surface area contributed by atoms with E-state index in [9.17, 15) is 9.59 Å². The van der Waals surface area contributed by atoms with Crippen molar-refractivity contribution in [2.45, 2.75) is 0 Å². The van der Waals surface area contributed by atoms with Gasteiger partial charge in [0.25, 0.3) is 5.91 Å². The molecule has 1 heterocycles. The van der Waals surface area contributed by atoms with Crippen LogP contribution in [0.4, 0.5) is 5.69 Å². The smallest absolute Gasteiger partial charge is 0.336 e. The van der Waals surface area contributed by atoms with Crippen LogP contribution in [0.15, 0.2) is 88.1 Å². The van der Waals surface area contributed by atoms with E-state index in [4.69, 9.17) is 20.8 Å². The molecule has 0 fully saturated rings. The first-order valence-electron chi connectivity index (χ1n) is 8.91. The summed E-state index contributed by atoms with van der Waals surface area (Å²) >= 11 is 6.37. The summed E-state index contributed by atoms with van der Waals surface area (Å²) in [7, 11) is 0. The lowest BCUT2D eigenvalue weighted by atomic mass is 10.0. The predicted molar refractivity (Wildman–Crippen MR) is 113 cm³/mol. The van der Waals surface area contributed by atoms with Crippen molar-refractivity contribution in [2.75, 3.05) is 11.9 Å². The van der Waals surface area contributed by atoms with Gasteiger partial charge in [-0.25, -0.2) is 4.79 Å². The minimum absolute atomic E-state index is 0.233. The number of ether oxygens (including phenoxy) is 1. The van der Waals surface area contributed by atoms with Gasteiger partial charge in [-0.1, -0.05) is 60.1 Å². The fourth-order valence-electron chi connectivity index (χ4n) is 2.99. The SMILES string of the molecule is O=C(COc1cc2oc(=O)cc(-c3ccccc3)c2cc1Cl)Nc1ccccc1. The van der Waals surface area contributed by atoms with Crippen LogP contribution in [0.3, 0.4) is 0 Å². The molecule has 0 unspecified atom stereocenters. The second-order valence-electron chi connectivity index (χ2n) is 6.33. The zero-order valence-electron chi connectivity index (χ0n) is 15.2. The molecule has 0 saturated heterocycles. The molecular weight excluding hydrogens is 390 g/mol. The Labute approximate surface area is 171 Å². The van der Waals surface area contributed by atoms with Crippen molar-refractivity contribution in [1.29, 1.82) is 0 Å². The lowest BCUT2D eigenvalue weighted by Gasteiger charge is -2.11. The zero-order chi connectivity index (χ0) is 20.2. The third-order valence-corrected chi connectivity index (χ3v) is 4.59. The number of hydrogen-bond donors (Lipinski definition) is 1. The number of halogens is 1. The Morgan fingerprint density at radius 3 is 2.38 bits per heavy atom. The van der Waals surface area contributed by atoms with Crippen LogP contribution in [0.1, 0.15) is 0 Å². The Bertz CT molecular complexity index is 1220. The largest absolute Gasteiger partial charge is 0.482 e. The quantitative estimate of drug-likeness (QED) is 0.467. The standard InChI is InChI=1S/C23H16ClNO4/c24-19-11-18-17(15-7-3-1-4-8-15)12-23(27)29-20(18)13-21(19)28-14-22(26)25-16-9-5-2-6-10-16/h1-13H,14H2,(H,25,26). The van der Waals surface area contributed by atoms with Gasteiger partial charge in [0.2, 0.25) is 0 Å². The predicted octanol–water partition coefficient (Wildman–Crippen LogP) is 5.13. The van der Waals surface area contributed by atoms with E-state index in [-0.39, 0.29) is 18.3 Å². The monoisotopic (exact) mass is 405 g/mol. The molecule has 144 valence electrons. The van der Waals surface area contributed by atoms with Gasteiger partial charge in [-0.05, 0) is 29.3 Å². The summed E-state index contributed by atoms with van der Waals surface area (Å²) in [5.74, 6) is -0.0670. The van der Waals surface area contributed by atoms with E-state index < -0.39 is 5.63 Å². The third kappa shape index (κ3) is 4.31. The maximum atomic E-state index is 12.1. The molecule has 0 spiro atoms. The molecule has 0 atom stereocenters. The van der Waals surface area contributed by atoms with Gasteiger partial charge >= 0.3 is 5.63 Å². The van der Waals surface area contributed by atoms with E-state index in [1.807, 2.05) is 48.5 Å². The number of fused-ring (bicyclic) bond motifs is 1. The Morgan fingerprint density at radius 2 is 1.66 bits per heavy atom. The number of para-hydroxylation sites is 1. The summed E-state index contributed by atoms with van der Waals surface area (Å²) in [6.45, 7) is -0.233. The van der Waals surface area contributed by atoms with Crippen LogP contribution < -0.4 is 15.7 Å². The highest BCUT2D eigenvalue weighted by Crippen LogP contribution is 2.34. The number of anilines is 1. The normalized spacial score (nSPS) is 10.7. The average molecular weight is 406 g/mol. The van der Waals surface area contributed by atoms with Crippen LogP contribution in [0.5, 0.6) is 5.75 Å². The molecule has 0 aliphatic heterocycles. The van der Waals surface area contributed by atoms with Crippen molar-refractivity contribution in [2.24, 2.45) is 0 Å². The van der Waals surface area contributed by atoms with Crippen LogP contribution in [0.2, 0.25) is 5.02 Å². The second kappa shape index (κ2) is 8.20. The average Bonchev–Trinajstić information content (AvgIpc) is 2.73. The van der Waals surface area contributed by atoms with Crippen LogP contribution in [-0.4, -0.2) is 12.5 Å². The number of carbonyl (C=O) groups is 1. The summed E-state index contributed by atoms with van der Waals surface area (Å²) in [5, 5.41) is 3.73. The molecule has 0 bridgehead atoms. The highest BCUT2D eigenvalue weighted by molar-refractivity contribution is 6.33. The van der Waals surface area contributed by atoms with Crippen molar-refractivity contribution in [3.05, 3.63) is 94.3 Å². The van der Waals surface area contributed by atoms with Gasteiger partial charge in [0.15, 0.2) is 6.61 Å². The minimum atomic E-state index is -0.480. The fourth-order valence-corrected chi connectivity index (χ4v) is 3.21. The molecule has 0 saturated carbocycles. The van der Waals surface area contributed by atoms with E-state index in [2.05, 4.69) is 5.32 Å². The molecule has 4 rings (SSSR count). The fraction of sp³-hybridized carbons (Fsp3) is 0.0435. The molecule has 5 nitrogen and oxygen atoms in total. The lowest BCUT2D eigenvalue weighted by Crippen LogP contribution is -2.20. The Balaban J connectivity index is 1.61. The topological polar surface area (TPSA) is 68.5 Å². The van der Waals surface area contributed by atoms with Crippen molar-refractivity contribution in [3.63, 3.8) is 0 Å². The van der Waals surface area contributed by atoms with Crippen LogP contribution in [0, 0.1) is 0 Å². The summed E-state index contributed by atoms with van der Waals surface area (Å²) in [6, 6.07) is 23.2. The van der Waals surface area contributed by atoms with Gasteiger partial charge in [0, 0.05) is 23.2 Å². The molecule has 29 heavy (non-hydrogen) atoms. The number of nitrogens with one attached hydrogen (secondary N) is 1. The van der Waals surface area contributed by atoms with Crippen LogP contribution >= 0.6 is 11.6 Å². The van der Waals surface area contributed by atoms with Gasteiger partial charge < -0.3 is 14.5 Å². The molecule has 1 amide bonds. The van der Waals surface area contributed by atoms with Crippen molar-refractivity contribution in [1.82, 2.24) is 0 Å². The highest BCUT2D eigenvalue weighted by atomic mass is 35.5. The summed E-state index contributed by atoms with van der Waals surface area (Å²) in [4.78, 5) is 24.1. The lowest BCUT2D eigenvalue weighted by molar-refractivity contribution is -0.118. The maximum Gasteiger partial charge on any atom is 0.336 e. The first-order chi connectivity index (χ1) is 14.1. The number of hydrogen-bond acceptors (Lipinski definition) is 4. The first kappa shape index (κ1) is 18.8. The Kier molecular flexibility index (Phi) is 5.31. The van der Waals surface area contributed by atoms with E-state index >= 15 is 0 Å². The molecule has 1 aromatic heterocycles.